The molecule has 12 N–H and O–H groups in total. The summed E-state index contributed by atoms with van der Waals surface area (Å²) in [6.45, 7) is 2.75. The number of fused-ring (bicyclic) bond motifs is 6. The largest absolute Gasteiger partial charge is 2.00 e. The van der Waals surface area contributed by atoms with Crippen molar-refractivity contribution in [1.29, 1.82) is 0 Å². The van der Waals surface area contributed by atoms with Gasteiger partial charge in [-0.05, 0) is 89.3 Å². The zero-order valence-electron chi connectivity index (χ0n) is 35.9. The summed E-state index contributed by atoms with van der Waals surface area (Å²) in [4.78, 5) is 79.8. The normalized spacial score (nSPS) is 33.8. The van der Waals surface area contributed by atoms with Crippen molar-refractivity contribution >= 4 is 69.5 Å². The summed E-state index contributed by atoms with van der Waals surface area (Å²) in [5, 5.41) is 114. The van der Waals surface area contributed by atoms with E-state index in [4.69, 9.17) is 11.5 Å². The number of phenols is 2. The molecule has 0 saturated heterocycles. The number of nitrogens with zero attached hydrogens (tertiary/aromatic N) is 2. The van der Waals surface area contributed by atoms with E-state index in [0.717, 1.165) is 0 Å². The van der Waals surface area contributed by atoms with Crippen LogP contribution in [0.3, 0.4) is 0 Å². The number of phenolic OH excluding ortho intramolecular Hbond substituents is 2. The fourth-order valence-electron chi connectivity index (χ4n) is 11.0. The number of likely N-dealkylation sites (N-methyl/N-ethyl adjacent to an activating group) is 2. The number of primary amides is 2. The molecule has 20 nitrogen and oxygen atoms in total. The first kappa shape index (κ1) is 48.8. The Morgan fingerprint density at radius 1 is 0.615 bits per heavy atom. The Morgan fingerprint density at radius 2 is 0.923 bits per heavy atom. The molecule has 21 heteroatoms. The van der Waals surface area contributed by atoms with E-state index in [9.17, 15) is 79.8 Å². The molecule has 2 saturated carbocycles. The number of amides is 2. The van der Waals surface area contributed by atoms with Crippen LogP contribution in [-0.4, -0.2) is 160 Å². The predicted octanol–water partition coefficient (Wildman–Crippen LogP) is -3.52. The quantitative estimate of drug-likeness (QED) is 0.105. The minimum absolute atomic E-state index is 0. The molecule has 2 aromatic carbocycles. The summed E-state index contributed by atoms with van der Waals surface area (Å²) >= 11 is 0. The zero-order valence-corrected chi connectivity index (χ0v) is 37.4. The minimum atomic E-state index is -2.79. The van der Waals surface area contributed by atoms with Gasteiger partial charge >= 0.3 is 23.1 Å². The fraction of sp³-hybridized carbons (Fsp3) is 0.409. The van der Waals surface area contributed by atoms with Crippen LogP contribution in [-0.2, 0) is 40.0 Å². The van der Waals surface area contributed by atoms with Crippen LogP contribution in [0.25, 0.3) is 11.5 Å². The molecule has 6 aliphatic carbocycles. The summed E-state index contributed by atoms with van der Waals surface area (Å²) in [6, 6.07) is 5.77. The van der Waals surface area contributed by atoms with Crippen molar-refractivity contribution in [2.24, 2.45) is 35.1 Å². The van der Waals surface area contributed by atoms with Gasteiger partial charge in [0, 0.05) is 34.8 Å². The van der Waals surface area contributed by atoms with Gasteiger partial charge in [0.1, 0.15) is 34.2 Å². The van der Waals surface area contributed by atoms with Crippen molar-refractivity contribution in [1.82, 2.24) is 9.80 Å². The minimum Gasteiger partial charge on any atom is -0.872 e. The number of Topliss-reactive ketones (excluding diaryl/α,β-unsaturated/α-hetero) is 4. The third-order valence-electron chi connectivity index (χ3n) is 14.0. The van der Waals surface area contributed by atoms with Crippen LogP contribution in [0.2, 0.25) is 0 Å². The Morgan fingerprint density at radius 3 is 1.20 bits per heavy atom. The molecule has 2 aromatic rings. The first-order chi connectivity index (χ1) is 29.5. The molecule has 0 bridgehead atoms. The third-order valence-corrected chi connectivity index (χ3v) is 14.0. The summed E-state index contributed by atoms with van der Waals surface area (Å²) in [7, 11) is 5.96. The molecule has 65 heavy (non-hydrogen) atoms. The maximum absolute atomic E-state index is 13.6. The monoisotopic (exact) mass is 910 g/mol. The maximum Gasteiger partial charge on any atom is 2.00 e. The van der Waals surface area contributed by atoms with Crippen molar-refractivity contribution < 1.29 is 79.8 Å². The van der Waals surface area contributed by atoms with E-state index >= 15 is 0 Å². The fourth-order valence-corrected chi connectivity index (χ4v) is 11.0. The molecule has 0 spiro atoms. The first-order valence-corrected chi connectivity index (χ1v) is 19.9. The van der Waals surface area contributed by atoms with Crippen molar-refractivity contribution in [3.63, 3.8) is 0 Å². The number of benzene rings is 2. The summed E-state index contributed by atoms with van der Waals surface area (Å²) in [5.74, 6) is -16.8. The number of nitrogens with two attached hydrogens (primary N) is 2. The summed E-state index contributed by atoms with van der Waals surface area (Å²) in [5.41, 5.74) is -1.89. The van der Waals surface area contributed by atoms with Gasteiger partial charge in [-0.15, -0.1) is 0 Å². The molecule has 0 heterocycles. The van der Waals surface area contributed by atoms with Gasteiger partial charge in [-0.25, -0.2) is 0 Å². The van der Waals surface area contributed by atoms with Crippen molar-refractivity contribution in [2.45, 2.75) is 61.2 Å². The van der Waals surface area contributed by atoms with Crippen LogP contribution < -0.4 is 21.7 Å². The predicted molar refractivity (Wildman–Crippen MR) is 221 cm³/mol. The molecule has 6 aliphatic rings. The van der Waals surface area contributed by atoms with Crippen LogP contribution in [0.15, 0.2) is 70.2 Å². The maximum atomic E-state index is 13.6. The number of hydrogen-bond acceptors (Lipinski definition) is 18. The average Bonchev–Trinajstić information content (AvgIpc) is 3.18. The Balaban J connectivity index is 0.000000212. The van der Waals surface area contributed by atoms with Crippen molar-refractivity contribution in [3.8, 4) is 11.5 Å². The second-order valence-electron chi connectivity index (χ2n) is 17.9. The van der Waals surface area contributed by atoms with Gasteiger partial charge in [0.15, 0.2) is 34.3 Å². The number of hydrogen-bond donors (Lipinski definition) is 10. The average molecular weight is 911 g/mol. The van der Waals surface area contributed by atoms with Gasteiger partial charge in [0.25, 0.3) is 11.8 Å². The van der Waals surface area contributed by atoms with E-state index in [2.05, 4.69) is 0 Å². The van der Waals surface area contributed by atoms with Gasteiger partial charge in [0.05, 0.1) is 23.3 Å². The standard InChI is InChI=1S/2C22H24N2O8.Mg/c2*1-21(31)8-5-4-6-11(25)12(8)16(26)13-9(21)7-10-15(24(2)3)17(27)14(20(23)30)19(29)22(10,32)18(13)28;/h2*4-6,9-10,15,25-26,29,31-32H,7H2,1-3H3,(H2,23,30);/q;;+2/p-2/t2*9-,10-,15-,21+,22-;/m00./s1. The summed E-state index contributed by atoms with van der Waals surface area (Å²) in [6.07, 6.45) is -0.480. The van der Waals surface area contributed by atoms with E-state index < -0.39 is 150 Å². The van der Waals surface area contributed by atoms with E-state index in [-0.39, 0.29) is 58.1 Å². The molecular formula is C44H46MgN4O16. The number of ketones is 4. The molecule has 0 unspecified atom stereocenters. The van der Waals surface area contributed by atoms with Crippen LogP contribution in [0.1, 0.15) is 48.9 Å². The second kappa shape index (κ2) is 15.8. The van der Waals surface area contributed by atoms with E-state index in [0.29, 0.717) is 0 Å². The number of aliphatic hydroxyl groups is 6. The SMILES string of the molecule is CN(C)[C@@H]1C(=O)C(C(N)=O)=C(O)[C@@]2(O)C(=O)C3=C([O-])c4c(O)cccc4[C@@](C)(O)[C@H]3C[C@@H]12.CN(C)[C@@H]1C(=O)C(C(N)=O)=C(O)[C@@]2(O)C(=O)C3=C([O-])c4c(O)cccc4[C@@](C)(O)[C@H]3C[C@@H]12.[Mg+2]. The molecule has 10 atom stereocenters. The van der Waals surface area contributed by atoms with E-state index in [1.54, 1.807) is 0 Å². The van der Waals surface area contributed by atoms with Gasteiger partial charge in [-0.3, -0.25) is 38.6 Å². The number of carbonyl (C=O) groups excluding carboxylic acids is 6. The number of carbonyl (C=O) groups is 6. The Hall–Kier alpha value is -5.65. The van der Waals surface area contributed by atoms with Gasteiger partial charge in [-0.1, -0.05) is 35.8 Å². The van der Waals surface area contributed by atoms with Gasteiger partial charge in [0.2, 0.25) is 0 Å². The molecule has 0 aromatic heterocycles. The van der Waals surface area contributed by atoms with Gasteiger partial charge < -0.3 is 62.5 Å². The third kappa shape index (κ3) is 6.38. The molecular weight excluding hydrogens is 865 g/mol. The smallest absolute Gasteiger partial charge is 0.872 e. The Bertz CT molecular complexity index is 2480. The van der Waals surface area contributed by atoms with E-state index in [1.807, 2.05) is 0 Å². The molecule has 8 rings (SSSR count). The molecule has 2 amide bonds. The van der Waals surface area contributed by atoms with Crippen LogP contribution in [0, 0.1) is 23.7 Å². The number of aliphatic hydroxyl groups excluding tert-OH is 2. The van der Waals surface area contributed by atoms with Crippen LogP contribution >= 0.6 is 0 Å². The number of rotatable bonds is 4. The Kier molecular flexibility index (Phi) is 11.8. The topological polar surface area (TPSA) is 369 Å². The van der Waals surface area contributed by atoms with Gasteiger partial charge in [-0.2, -0.15) is 0 Å². The summed E-state index contributed by atoms with van der Waals surface area (Å²) < 4.78 is 0. The van der Waals surface area contributed by atoms with Crippen LogP contribution in [0.4, 0.5) is 0 Å². The zero-order chi connectivity index (χ0) is 47.8. The Labute approximate surface area is 386 Å². The van der Waals surface area contributed by atoms with Crippen molar-refractivity contribution in [2.75, 3.05) is 28.2 Å². The molecule has 340 valence electrons. The second-order valence-corrected chi connectivity index (χ2v) is 17.9. The molecule has 0 aliphatic heterocycles. The van der Waals surface area contributed by atoms with Crippen molar-refractivity contribution in [3.05, 3.63) is 92.5 Å². The number of aromatic hydroxyl groups is 2. The van der Waals surface area contributed by atoms with Crippen LogP contribution in [0.5, 0.6) is 11.5 Å². The first-order valence-electron chi connectivity index (χ1n) is 19.9. The molecule has 0 radical (unpaired) electrons. The molecule has 2 fully saturated rings. The van der Waals surface area contributed by atoms with E-state index in [1.165, 1.54) is 88.2 Å².